The summed E-state index contributed by atoms with van der Waals surface area (Å²) in [5.41, 5.74) is 3.78. The molecule has 0 saturated carbocycles. The molecule has 1 fully saturated rings. The highest BCUT2D eigenvalue weighted by atomic mass is 35.5. The SMILES string of the molecule is Cl.c1nc(Nc2ccc(N3CCOCC3)cc2)c2c3c(sc2n1)CCCC3. The van der Waals surface area contributed by atoms with E-state index in [0.717, 1.165) is 49.1 Å². The zero-order valence-corrected chi connectivity index (χ0v) is 16.7. The van der Waals surface area contributed by atoms with E-state index in [1.54, 1.807) is 6.33 Å². The Bertz CT molecular complexity index is 922. The van der Waals surface area contributed by atoms with Crippen molar-refractivity contribution in [1.29, 1.82) is 0 Å². The van der Waals surface area contributed by atoms with E-state index in [4.69, 9.17) is 4.74 Å². The third kappa shape index (κ3) is 3.61. The van der Waals surface area contributed by atoms with E-state index >= 15 is 0 Å². The Labute approximate surface area is 169 Å². The maximum absolute atomic E-state index is 5.44. The lowest BCUT2D eigenvalue weighted by molar-refractivity contribution is 0.122. The van der Waals surface area contributed by atoms with E-state index in [1.165, 1.54) is 40.8 Å². The highest BCUT2D eigenvalue weighted by molar-refractivity contribution is 7.19. The quantitative estimate of drug-likeness (QED) is 0.695. The fourth-order valence-electron chi connectivity index (χ4n) is 3.90. The fourth-order valence-corrected chi connectivity index (χ4v) is 5.13. The van der Waals surface area contributed by atoms with E-state index in [1.807, 2.05) is 11.3 Å². The molecule has 5 nitrogen and oxygen atoms in total. The Balaban J connectivity index is 0.00000180. The number of aromatic nitrogens is 2. The molecule has 0 spiro atoms. The van der Waals surface area contributed by atoms with Gasteiger partial charge in [0.15, 0.2) is 0 Å². The number of hydrogen-bond acceptors (Lipinski definition) is 6. The Morgan fingerprint density at radius 3 is 2.59 bits per heavy atom. The summed E-state index contributed by atoms with van der Waals surface area (Å²) in [5.74, 6) is 0.938. The van der Waals surface area contributed by atoms with Gasteiger partial charge in [0.1, 0.15) is 17.0 Å². The Morgan fingerprint density at radius 2 is 1.78 bits per heavy atom. The highest BCUT2D eigenvalue weighted by Gasteiger charge is 2.20. The van der Waals surface area contributed by atoms with Crippen molar-refractivity contribution in [2.75, 3.05) is 36.5 Å². The first-order chi connectivity index (χ1) is 12.9. The number of benzene rings is 1. The van der Waals surface area contributed by atoms with Crippen molar-refractivity contribution >= 4 is 51.2 Å². The summed E-state index contributed by atoms with van der Waals surface area (Å²) in [5, 5.41) is 4.75. The van der Waals surface area contributed by atoms with Gasteiger partial charge >= 0.3 is 0 Å². The third-order valence-electron chi connectivity index (χ3n) is 5.26. The lowest BCUT2D eigenvalue weighted by atomic mass is 9.97. The predicted molar refractivity (Wildman–Crippen MR) is 114 cm³/mol. The van der Waals surface area contributed by atoms with Crippen LogP contribution in [0, 0.1) is 0 Å². The molecular weight excluding hydrogens is 380 g/mol. The van der Waals surface area contributed by atoms with Gasteiger partial charge in [0, 0.05) is 29.3 Å². The van der Waals surface area contributed by atoms with Crippen LogP contribution in [0.3, 0.4) is 0 Å². The molecule has 3 aromatic rings. The smallest absolute Gasteiger partial charge is 0.142 e. The number of hydrogen-bond donors (Lipinski definition) is 1. The van der Waals surface area contributed by atoms with E-state index in [0.29, 0.717) is 0 Å². The standard InChI is InChI=1S/C20H22N4OS.ClH/c1-2-4-17-16(3-1)18-19(21-13-22-20(18)26-17)23-14-5-7-15(8-6-14)24-9-11-25-12-10-24;/h5-8,13H,1-4,9-12H2,(H,21,22,23);1H. The van der Waals surface area contributed by atoms with Gasteiger partial charge in [-0.05, 0) is 55.5 Å². The minimum Gasteiger partial charge on any atom is -0.378 e. The van der Waals surface area contributed by atoms with Gasteiger partial charge in [-0.15, -0.1) is 23.7 Å². The summed E-state index contributed by atoms with van der Waals surface area (Å²) < 4.78 is 5.44. The Morgan fingerprint density at radius 1 is 1.00 bits per heavy atom. The molecule has 0 bridgehead atoms. The zero-order valence-electron chi connectivity index (χ0n) is 15.1. The van der Waals surface area contributed by atoms with Crippen molar-refractivity contribution in [3.8, 4) is 0 Å². The lowest BCUT2D eigenvalue weighted by Gasteiger charge is -2.28. The van der Waals surface area contributed by atoms with Crippen molar-refractivity contribution < 1.29 is 4.74 Å². The second-order valence-electron chi connectivity index (χ2n) is 6.88. The number of nitrogens with zero attached hydrogens (tertiary/aromatic N) is 3. The number of thiophene rings is 1. The van der Waals surface area contributed by atoms with Crippen LogP contribution < -0.4 is 10.2 Å². The van der Waals surface area contributed by atoms with Crippen molar-refractivity contribution in [2.24, 2.45) is 0 Å². The molecule has 1 N–H and O–H groups in total. The van der Waals surface area contributed by atoms with Crippen LogP contribution in [0.1, 0.15) is 23.3 Å². The van der Waals surface area contributed by atoms with Crippen LogP contribution in [-0.2, 0) is 17.6 Å². The molecule has 0 radical (unpaired) electrons. The van der Waals surface area contributed by atoms with E-state index < -0.39 is 0 Å². The van der Waals surface area contributed by atoms with Crippen molar-refractivity contribution in [1.82, 2.24) is 9.97 Å². The van der Waals surface area contributed by atoms with Crippen LogP contribution in [0.15, 0.2) is 30.6 Å². The van der Waals surface area contributed by atoms with Crippen LogP contribution in [0.25, 0.3) is 10.2 Å². The van der Waals surface area contributed by atoms with E-state index in [2.05, 4.69) is 44.5 Å². The number of anilines is 3. The molecule has 0 unspecified atom stereocenters. The molecule has 7 heteroatoms. The lowest BCUT2D eigenvalue weighted by Crippen LogP contribution is -2.36. The van der Waals surface area contributed by atoms with Crippen LogP contribution in [0.5, 0.6) is 0 Å². The molecule has 0 atom stereocenters. The number of morpholine rings is 1. The summed E-state index contributed by atoms with van der Waals surface area (Å²) in [6.45, 7) is 3.53. The van der Waals surface area contributed by atoms with Crippen molar-refractivity contribution in [3.05, 3.63) is 41.0 Å². The number of fused-ring (bicyclic) bond motifs is 3. The molecule has 1 aromatic carbocycles. The average molecular weight is 403 g/mol. The first-order valence-corrected chi connectivity index (χ1v) is 10.2. The van der Waals surface area contributed by atoms with Gasteiger partial charge in [-0.25, -0.2) is 9.97 Å². The first-order valence-electron chi connectivity index (χ1n) is 9.33. The van der Waals surface area contributed by atoms with Crippen LogP contribution >= 0.6 is 23.7 Å². The maximum atomic E-state index is 5.44. The highest BCUT2D eigenvalue weighted by Crippen LogP contribution is 2.38. The summed E-state index contributed by atoms with van der Waals surface area (Å²) in [6.07, 6.45) is 6.56. The molecule has 3 heterocycles. The molecule has 1 aliphatic heterocycles. The summed E-state index contributed by atoms with van der Waals surface area (Å²) >= 11 is 1.84. The van der Waals surface area contributed by atoms with Gasteiger partial charge < -0.3 is 15.0 Å². The minimum atomic E-state index is 0. The molecule has 5 rings (SSSR count). The van der Waals surface area contributed by atoms with Gasteiger partial charge in [0.25, 0.3) is 0 Å². The van der Waals surface area contributed by atoms with Gasteiger partial charge in [-0.3, -0.25) is 0 Å². The second kappa shape index (κ2) is 8.00. The molecule has 2 aliphatic rings. The van der Waals surface area contributed by atoms with Crippen molar-refractivity contribution in [3.63, 3.8) is 0 Å². The van der Waals surface area contributed by atoms with Crippen molar-refractivity contribution in [2.45, 2.75) is 25.7 Å². The monoisotopic (exact) mass is 402 g/mol. The Hall–Kier alpha value is -1.89. The first kappa shape index (κ1) is 18.5. The third-order valence-corrected chi connectivity index (χ3v) is 6.46. The second-order valence-corrected chi connectivity index (χ2v) is 7.97. The zero-order chi connectivity index (χ0) is 17.3. The van der Waals surface area contributed by atoms with E-state index in [9.17, 15) is 0 Å². The van der Waals surface area contributed by atoms with E-state index in [-0.39, 0.29) is 12.4 Å². The van der Waals surface area contributed by atoms with Crippen LogP contribution in [0.2, 0.25) is 0 Å². The molecule has 0 amide bonds. The normalized spacial score (nSPS) is 16.7. The number of nitrogens with one attached hydrogen (secondary N) is 1. The predicted octanol–water partition coefficient (Wildman–Crippen LogP) is 4.57. The van der Waals surface area contributed by atoms with Gasteiger partial charge in [-0.1, -0.05) is 0 Å². The van der Waals surface area contributed by atoms with Crippen LogP contribution in [0.4, 0.5) is 17.2 Å². The van der Waals surface area contributed by atoms with Gasteiger partial charge in [0.05, 0.1) is 18.6 Å². The number of ether oxygens (including phenoxy) is 1. The molecular formula is C20H23ClN4OS. The molecule has 2 aromatic heterocycles. The molecule has 27 heavy (non-hydrogen) atoms. The Kier molecular flexibility index (Phi) is 5.48. The van der Waals surface area contributed by atoms with Crippen LogP contribution in [-0.4, -0.2) is 36.3 Å². The minimum absolute atomic E-state index is 0. The molecule has 1 aliphatic carbocycles. The summed E-state index contributed by atoms with van der Waals surface area (Å²) in [4.78, 5) is 14.0. The fraction of sp³-hybridized carbons (Fsp3) is 0.400. The summed E-state index contributed by atoms with van der Waals surface area (Å²) in [7, 11) is 0. The molecule has 142 valence electrons. The number of aryl methyl sites for hydroxylation is 2. The summed E-state index contributed by atoms with van der Waals surface area (Å²) in [6, 6.07) is 8.62. The number of rotatable bonds is 3. The van der Waals surface area contributed by atoms with Gasteiger partial charge in [-0.2, -0.15) is 0 Å². The maximum Gasteiger partial charge on any atom is 0.142 e. The van der Waals surface area contributed by atoms with Gasteiger partial charge in [0.2, 0.25) is 0 Å². The average Bonchev–Trinajstić information content (AvgIpc) is 3.09. The largest absolute Gasteiger partial charge is 0.378 e. The topological polar surface area (TPSA) is 50.3 Å². The number of halogens is 1. The molecule has 1 saturated heterocycles.